The Morgan fingerprint density at radius 1 is 1.38 bits per heavy atom. The van der Waals surface area contributed by atoms with Gasteiger partial charge in [-0.15, -0.1) is 0 Å². The van der Waals surface area contributed by atoms with Gasteiger partial charge in [0.1, 0.15) is 0 Å². The lowest BCUT2D eigenvalue weighted by atomic mass is 10.1. The van der Waals surface area contributed by atoms with Crippen LogP contribution in [0.5, 0.6) is 0 Å². The van der Waals surface area contributed by atoms with Crippen molar-refractivity contribution in [2.75, 3.05) is 0 Å². The van der Waals surface area contributed by atoms with E-state index >= 15 is 0 Å². The van der Waals surface area contributed by atoms with Crippen LogP contribution < -0.4 is 5.32 Å². The summed E-state index contributed by atoms with van der Waals surface area (Å²) in [5, 5.41) is 2.99. The van der Waals surface area contributed by atoms with E-state index in [2.05, 4.69) is 36.1 Å². The van der Waals surface area contributed by atoms with E-state index in [0.717, 1.165) is 5.69 Å². The third kappa shape index (κ3) is 4.15. The first-order valence-electron chi connectivity index (χ1n) is 7.10. The Bertz CT molecular complexity index is 598. The van der Waals surface area contributed by atoms with Gasteiger partial charge in [-0.2, -0.15) is 0 Å². The van der Waals surface area contributed by atoms with Gasteiger partial charge in [0.15, 0.2) is 0 Å². The summed E-state index contributed by atoms with van der Waals surface area (Å²) in [4.78, 5) is 20.5. The first kappa shape index (κ1) is 15.2. The Morgan fingerprint density at radius 3 is 2.71 bits per heavy atom. The molecule has 0 spiro atoms. The second kappa shape index (κ2) is 6.08. The molecule has 2 aromatic rings. The Labute approximate surface area is 125 Å². The fourth-order valence-corrected chi connectivity index (χ4v) is 2.06. The van der Waals surface area contributed by atoms with Crippen LogP contribution in [0.3, 0.4) is 0 Å². The molecule has 1 atom stereocenters. The number of hydrogen-bond donors (Lipinski definition) is 1. The molecule has 2 heterocycles. The Morgan fingerprint density at radius 2 is 2.14 bits per heavy atom. The van der Waals surface area contributed by atoms with E-state index in [-0.39, 0.29) is 17.5 Å². The highest BCUT2D eigenvalue weighted by Crippen LogP contribution is 2.15. The van der Waals surface area contributed by atoms with E-state index < -0.39 is 0 Å². The molecule has 0 aliphatic rings. The van der Waals surface area contributed by atoms with Crippen LogP contribution >= 0.6 is 0 Å². The summed E-state index contributed by atoms with van der Waals surface area (Å²) in [5.74, 6) is -0.0607. The van der Waals surface area contributed by atoms with Gasteiger partial charge in [0, 0.05) is 49.0 Å². The Balaban J connectivity index is 1.96. The highest BCUT2D eigenvalue weighted by atomic mass is 16.1. The minimum Gasteiger partial charge on any atom is -0.349 e. The van der Waals surface area contributed by atoms with Crippen LogP contribution in [0, 0.1) is 0 Å². The van der Waals surface area contributed by atoms with Gasteiger partial charge in [-0.25, -0.2) is 0 Å². The number of rotatable bonds is 4. The fourth-order valence-electron chi connectivity index (χ4n) is 2.06. The molecule has 21 heavy (non-hydrogen) atoms. The molecule has 0 saturated heterocycles. The number of aromatic nitrogens is 3. The molecule has 0 radical (unpaired) electrons. The Hall–Kier alpha value is -2.17. The van der Waals surface area contributed by atoms with Gasteiger partial charge in [-0.1, -0.05) is 0 Å². The maximum atomic E-state index is 12.2. The molecule has 5 nitrogen and oxygen atoms in total. The van der Waals surface area contributed by atoms with Crippen molar-refractivity contribution in [3.05, 3.63) is 48.3 Å². The molecule has 0 fully saturated rings. The number of carbonyl (C=O) groups is 1. The van der Waals surface area contributed by atoms with Crippen molar-refractivity contribution >= 4 is 5.91 Å². The van der Waals surface area contributed by atoms with Crippen molar-refractivity contribution in [3.63, 3.8) is 0 Å². The van der Waals surface area contributed by atoms with E-state index in [1.165, 1.54) is 0 Å². The number of hydrogen-bond acceptors (Lipinski definition) is 3. The SMILES string of the molecule is C[C@H](Cc1cnccn1)NC(=O)c1ccn(C(C)(C)C)c1. The molecule has 0 saturated carbocycles. The number of amides is 1. The van der Waals surface area contributed by atoms with Crippen molar-refractivity contribution in [1.82, 2.24) is 19.9 Å². The van der Waals surface area contributed by atoms with Gasteiger partial charge in [0.25, 0.3) is 5.91 Å². The summed E-state index contributed by atoms with van der Waals surface area (Å²) in [7, 11) is 0. The molecule has 0 aliphatic heterocycles. The lowest BCUT2D eigenvalue weighted by molar-refractivity contribution is 0.0940. The smallest absolute Gasteiger partial charge is 0.253 e. The second-order valence-electron chi connectivity index (χ2n) is 6.25. The number of carbonyl (C=O) groups excluding carboxylic acids is 1. The lowest BCUT2D eigenvalue weighted by Crippen LogP contribution is -2.34. The van der Waals surface area contributed by atoms with Crippen LogP contribution in [0.4, 0.5) is 0 Å². The molecule has 0 aromatic carbocycles. The molecular weight excluding hydrogens is 264 g/mol. The molecule has 0 bridgehead atoms. The third-order valence-electron chi connectivity index (χ3n) is 3.24. The van der Waals surface area contributed by atoms with Crippen molar-refractivity contribution < 1.29 is 4.79 Å². The first-order chi connectivity index (χ1) is 9.86. The van der Waals surface area contributed by atoms with Crippen molar-refractivity contribution in [2.24, 2.45) is 0 Å². The van der Waals surface area contributed by atoms with E-state index in [4.69, 9.17) is 0 Å². The van der Waals surface area contributed by atoms with Crippen LogP contribution in [0.2, 0.25) is 0 Å². The third-order valence-corrected chi connectivity index (χ3v) is 3.24. The predicted molar refractivity (Wildman–Crippen MR) is 82.1 cm³/mol. The monoisotopic (exact) mass is 286 g/mol. The fraction of sp³-hybridized carbons (Fsp3) is 0.438. The predicted octanol–water partition coefficient (Wildman–Crippen LogP) is 2.39. The zero-order chi connectivity index (χ0) is 15.5. The van der Waals surface area contributed by atoms with Gasteiger partial charge < -0.3 is 9.88 Å². The molecule has 1 N–H and O–H groups in total. The molecule has 1 amide bonds. The summed E-state index contributed by atoms with van der Waals surface area (Å²) in [6.07, 6.45) is 9.50. The summed E-state index contributed by atoms with van der Waals surface area (Å²) in [6.45, 7) is 8.27. The lowest BCUT2D eigenvalue weighted by Gasteiger charge is -2.20. The molecule has 5 heteroatoms. The van der Waals surface area contributed by atoms with Crippen molar-refractivity contribution in [1.29, 1.82) is 0 Å². The highest BCUT2D eigenvalue weighted by molar-refractivity contribution is 5.94. The minimum absolute atomic E-state index is 0.00665. The molecular formula is C16H22N4O. The Kier molecular flexibility index (Phi) is 4.40. The zero-order valence-electron chi connectivity index (χ0n) is 13.0. The molecule has 2 rings (SSSR count). The number of nitrogens with zero attached hydrogens (tertiary/aromatic N) is 3. The average molecular weight is 286 g/mol. The normalized spacial score (nSPS) is 13.0. The topological polar surface area (TPSA) is 59.8 Å². The molecule has 0 aliphatic carbocycles. The number of nitrogens with one attached hydrogen (secondary N) is 1. The second-order valence-corrected chi connectivity index (χ2v) is 6.25. The summed E-state index contributed by atoms with van der Waals surface area (Å²) in [6, 6.07) is 1.85. The van der Waals surface area contributed by atoms with Gasteiger partial charge in [-0.05, 0) is 33.8 Å². The van der Waals surface area contributed by atoms with Crippen LogP contribution in [-0.2, 0) is 12.0 Å². The van der Waals surface area contributed by atoms with Crippen LogP contribution in [0.25, 0.3) is 0 Å². The van der Waals surface area contributed by atoms with Gasteiger partial charge in [0.2, 0.25) is 0 Å². The van der Waals surface area contributed by atoms with Crippen LogP contribution in [0.15, 0.2) is 37.1 Å². The standard InChI is InChI=1S/C16H22N4O/c1-12(9-14-10-17-6-7-18-14)19-15(21)13-5-8-20(11-13)16(2,3)4/h5-8,10-12H,9H2,1-4H3,(H,19,21)/t12-/m1/s1. The minimum atomic E-state index is -0.0607. The van der Waals surface area contributed by atoms with E-state index in [0.29, 0.717) is 12.0 Å². The molecule has 0 unspecified atom stereocenters. The van der Waals surface area contributed by atoms with Gasteiger partial charge in [0.05, 0.1) is 11.3 Å². The van der Waals surface area contributed by atoms with Gasteiger partial charge >= 0.3 is 0 Å². The first-order valence-corrected chi connectivity index (χ1v) is 7.10. The molecule has 2 aromatic heterocycles. The molecule has 112 valence electrons. The van der Waals surface area contributed by atoms with E-state index in [9.17, 15) is 4.79 Å². The van der Waals surface area contributed by atoms with Crippen molar-refractivity contribution in [2.45, 2.75) is 45.7 Å². The highest BCUT2D eigenvalue weighted by Gasteiger charge is 2.16. The van der Waals surface area contributed by atoms with Gasteiger partial charge in [-0.3, -0.25) is 14.8 Å². The maximum Gasteiger partial charge on any atom is 0.253 e. The summed E-state index contributed by atoms with van der Waals surface area (Å²) in [5.41, 5.74) is 1.53. The van der Waals surface area contributed by atoms with Crippen LogP contribution in [-0.4, -0.2) is 26.5 Å². The average Bonchev–Trinajstić information content (AvgIpc) is 2.89. The summed E-state index contributed by atoms with van der Waals surface area (Å²) < 4.78 is 2.04. The van der Waals surface area contributed by atoms with Crippen LogP contribution in [0.1, 0.15) is 43.7 Å². The van der Waals surface area contributed by atoms with Crippen molar-refractivity contribution in [3.8, 4) is 0 Å². The van der Waals surface area contributed by atoms with E-state index in [1.54, 1.807) is 18.6 Å². The quantitative estimate of drug-likeness (QED) is 0.939. The zero-order valence-corrected chi connectivity index (χ0v) is 13.0. The van der Waals surface area contributed by atoms with E-state index in [1.807, 2.05) is 30.0 Å². The largest absolute Gasteiger partial charge is 0.349 e. The summed E-state index contributed by atoms with van der Waals surface area (Å²) >= 11 is 0. The maximum absolute atomic E-state index is 12.2.